The lowest BCUT2D eigenvalue weighted by Gasteiger charge is -2.06. The molecule has 1 nitrogen and oxygen atoms in total. The molecule has 1 aromatic carbocycles. The molecule has 0 N–H and O–H groups in total. The minimum absolute atomic E-state index is 0.0257. The predicted molar refractivity (Wildman–Crippen MR) is 61.9 cm³/mol. The van der Waals surface area contributed by atoms with Crippen molar-refractivity contribution in [3.8, 4) is 0 Å². The van der Waals surface area contributed by atoms with Crippen molar-refractivity contribution in [1.29, 1.82) is 0 Å². The van der Waals surface area contributed by atoms with Crippen LogP contribution in [0.5, 0.6) is 0 Å². The van der Waals surface area contributed by atoms with Crippen molar-refractivity contribution in [2.45, 2.75) is 33.6 Å². The predicted octanol–water partition coefficient (Wildman–Crippen LogP) is 4.06. The van der Waals surface area contributed by atoms with Gasteiger partial charge in [0, 0.05) is 10.9 Å². The summed E-state index contributed by atoms with van der Waals surface area (Å²) < 4.78 is 0. The van der Waals surface area contributed by atoms with Gasteiger partial charge in [-0.15, -0.1) is 0 Å². The Labute approximate surface area is 91.1 Å². The fourth-order valence-corrected chi connectivity index (χ4v) is 1.11. The fraction of sp³-hybridized carbons (Fsp3) is 0.417. The van der Waals surface area contributed by atoms with Crippen LogP contribution >= 0.6 is 11.6 Å². The Bertz CT molecular complexity index is 277. The van der Waals surface area contributed by atoms with Gasteiger partial charge in [0.15, 0.2) is 0 Å². The second kappa shape index (κ2) is 6.61. The molecule has 1 rings (SSSR count). The highest BCUT2D eigenvalue weighted by molar-refractivity contribution is 6.30. The highest BCUT2D eigenvalue weighted by atomic mass is 35.5. The molecular formula is C12H17ClO. The van der Waals surface area contributed by atoms with Gasteiger partial charge in [-0.25, -0.2) is 0 Å². The lowest BCUT2D eigenvalue weighted by atomic mass is 9.98. The SMILES string of the molecule is CC.CC(=O)C(C)c1ccc(Cl)cc1. The normalized spacial score (nSPS) is 11.2. The number of ketones is 1. The molecule has 2 heteroatoms. The van der Waals surface area contributed by atoms with E-state index in [0.29, 0.717) is 5.02 Å². The maximum Gasteiger partial charge on any atom is 0.136 e. The van der Waals surface area contributed by atoms with Gasteiger partial charge in [-0.2, -0.15) is 0 Å². The van der Waals surface area contributed by atoms with Crippen LogP contribution in [-0.2, 0) is 4.79 Å². The zero-order valence-electron chi connectivity index (χ0n) is 9.17. The van der Waals surface area contributed by atoms with E-state index in [-0.39, 0.29) is 11.7 Å². The van der Waals surface area contributed by atoms with Crippen LogP contribution in [0.2, 0.25) is 5.02 Å². The van der Waals surface area contributed by atoms with Crippen molar-refractivity contribution in [3.05, 3.63) is 34.9 Å². The Morgan fingerprint density at radius 3 is 2.00 bits per heavy atom. The third-order valence-electron chi connectivity index (χ3n) is 1.98. The number of carbonyl (C=O) groups is 1. The Morgan fingerprint density at radius 1 is 1.21 bits per heavy atom. The van der Waals surface area contributed by atoms with Crippen LogP contribution in [-0.4, -0.2) is 5.78 Å². The van der Waals surface area contributed by atoms with Crippen LogP contribution in [0.1, 0.15) is 39.2 Å². The molecule has 1 atom stereocenters. The smallest absolute Gasteiger partial charge is 0.136 e. The largest absolute Gasteiger partial charge is 0.299 e. The molecular weight excluding hydrogens is 196 g/mol. The van der Waals surface area contributed by atoms with Gasteiger partial charge >= 0.3 is 0 Å². The molecule has 0 amide bonds. The van der Waals surface area contributed by atoms with E-state index in [0.717, 1.165) is 5.56 Å². The minimum Gasteiger partial charge on any atom is -0.299 e. The molecule has 78 valence electrons. The van der Waals surface area contributed by atoms with Crippen LogP contribution in [0.15, 0.2) is 24.3 Å². The summed E-state index contributed by atoms with van der Waals surface area (Å²) in [5.74, 6) is 0.152. The third-order valence-corrected chi connectivity index (χ3v) is 2.23. The van der Waals surface area contributed by atoms with Crippen LogP contribution in [0, 0.1) is 0 Å². The first-order chi connectivity index (χ1) is 6.61. The van der Waals surface area contributed by atoms with Gasteiger partial charge in [-0.1, -0.05) is 44.5 Å². The quantitative estimate of drug-likeness (QED) is 0.723. The van der Waals surface area contributed by atoms with Crippen molar-refractivity contribution in [3.63, 3.8) is 0 Å². The summed E-state index contributed by atoms with van der Waals surface area (Å²) in [5, 5.41) is 0.703. The number of carbonyl (C=O) groups excluding carboxylic acids is 1. The Kier molecular flexibility index (Phi) is 6.22. The van der Waals surface area contributed by atoms with E-state index in [9.17, 15) is 4.79 Å². The maximum absolute atomic E-state index is 11.0. The summed E-state index contributed by atoms with van der Waals surface area (Å²) in [6.45, 7) is 7.49. The fourth-order valence-electron chi connectivity index (χ4n) is 0.986. The molecule has 0 saturated heterocycles. The van der Waals surface area contributed by atoms with Crippen molar-refractivity contribution in [2.75, 3.05) is 0 Å². The molecule has 1 unspecified atom stereocenters. The molecule has 0 bridgehead atoms. The summed E-state index contributed by atoms with van der Waals surface area (Å²) >= 11 is 5.71. The van der Waals surface area contributed by atoms with Crippen molar-refractivity contribution in [2.24, 2.45) is 0 Å². The molecule has 0 radical (unpaired) electrons. The van der Waals surface area contributed by atoms with Gasteiger partial charge in [-0.05, 0) is 24.6 Å². The van der Waals surface area contributed by atoms with E-state index in [1.165, 1.54) is 0 Å². The minimum atomic E-state index is -0.0257. The third kappa shape index (κ3) is 3.93. The molecule has 0 saturated carbocycles. The second-order valence-electron chi connectivity index (χ2n) is 2.88. The van der Waals surface area contributed by atoms with E-state index >= 15 is 0 Å². The van der Waals surface area contributed by atoms with Crippen LogP contribution in [0.25, 0.3) is 0 Å². The topological polar surface area (TPSA) is 17.1 Å². The van der Waals surface area contributed by atoms with E-state index in [1.54, 1.807) is 19.1 Å². The second-order valence-corrected chi connectivity index (χ2v) is 3.32. The summed E-state index contributed by atoms with van der Waals surface area (Å²) in [6.07, 6.45) is 0. The van der Waals surface area contributed by atoms with Gasteiger partial charge in [0.2, 0.25) is 0 Å². The Hall–Kier alpha value is -0.820. The zero-order chi connectivity index (χ0) is 11.1. The van der Waals surface area contributed by atoms with Crippen molar-refractivity contribution in [1.82, 2.24) is 0 Å². The van der Waals surface area contributed by atoms with E-state index in [1.807, 2.05) is 32.9 Å². The average molecular weight is 213 g/mol. The molecule has 0 aliphatic heterocycles. The molecule has 1 aromatic rings. The van der Waals surface area contributed by atoms with E-state index in [4.69, 9.17) is 11.6 Å². The van der Waals surface area contributed by atoms with Crippen LogP contribution < -0.4 is 0 Å². The molecule has 0 aromatic heterocycles. The zero-order valence-corrected chi connectivity index (χ0v) is 9.93. The highest BCUT2D eigenvalue weighted by Gasteiger charge is 2.09. The molecule has 14 heavy (non-hydrogen) atoms. The maximum atomic E-state index is 11.0. The number of halogens is 1. The number of hydrogen-bond donors (Lipinski definition) is 0. The lowest BCUT2D eigenvalue weighted by Crippen LogP contribution is -2.03. The van der Waals surface area contributed by atoms with E-state index in [2.05, 4.69) is 0 Å². The number of rotatable bonds is 2. The van der Waals surface area contributed by atoms with Crippen LogP contribution in [0.4, 0.5) is 0 Å². The molecule has 0 aliphatic carbocycles. The summed E-state index contributed by atoms with van der Waals surface area (Å²) in [7, 11) is 0. The summed E-state index contributed by atoms with van der Waals surface area (Å²) in [5.41, 5.74) is 1.02. The molecule has 0 aliphatic rings. The number of benzene rings is 1. The first kappa shape index (κ1) is 13.2. The van der Waals surface area contributed by atoms with Crippen molar-refractivity contribution < 1.29 is 4.79 Å². The summed E-state index contributed by atoms with van der Waals surface area (Å²) in [6, 6.07) is 7.37. The van der Waals surface area contributed by atoms with Crippen LogP contribution in [0.3, 0.4) is 0 Å². The Morgan fingerprint density at radius 2 is 1.64 bits per heavy atom. The van der Waals surface area contributed by atoms with Gasteiger partial charge in [0.05, 0.1) is 0 Å². The van der Waals surface area contributed by atoms with Gasteiger partial charge in [0.25, 0.3) is 0 Å². The number of hydrogen-bond acceptors (Lipinski definition) is 1. The van der Waals surface area contributed by atoms with E-state index < -0.39 is 0 Å². The highest BCUT2D eigenvalue weighted by Crippen LogP contribution is 2.18. The first-order valence-corrected chi connectivity index (χ1v) is 5.25. The van der Waals surface area contributed by atoms with Crippen molar-refractivity contribution >= 4 is 17.4 Å². The first-order valence-electron chi connectivity index (χ1n) is 4.87. The van der Waals surface area contributed by atoms with Gasteiger partial charge < -0.3 is 0 Å². The lowest BCUT2D eigenvalue weighted by molar-refractivity contribution is -0.118. The molecule has 0 fully saturated rings. The molecule has 0 heterocycles. The Balaban J connectivity index is 0.000000791. The average Bonchev–Trinajstić information content (AvgIpc) is 2.21. The van der Waals surface area contributed by atoms with Gasteiger partial charge in [0.1, 0.15) is 5.78 Å². The summed E-state index contributed by atoms with van der Waals surface area (Å²) in [4.78, 5) is 11.0. The van der Waals surface area contributed by atoms with Gasteiger partial charge in [-0.3, -0.25) is 4.79 Å². The monoisotopic (exact) mass is 212 g/mol. The standard InChI is InChI=1S/C10H11ClO.C2H6/c1-7(8(2)12)9-3-5-10(11)6-4-9;1-2/h3-7H,1-2H3;1-2H3. The molecule has 0 spiro atoms. The number of Topliss-reactive ketones (excluding diaryl/α,β-unsaturated/α-hetero) is 1.